The molecule has 6 aromatic rings. The number of halogens is 2. The first kappa shape index (κ1) is 34.8. The summed E-state index contributed by atoms with van der Waals surface area (Å²) in [5.41, 5.74) is 5.75. The topological polar surface area (TPSA) is 72.3 Å². The number of anilines is 2. The molecule has 8 rings (SSSR count). The summed E-state index contributed by atoms with van der Waals surface area (Å²) in [6.45, 7) is 5.24. The molecule has 0 saturated carbocycles. The van der Waals surface area contributed by atoms with Gasteiger partial charge in [-0.2, -0.15) is 0 Å². The number of fused-ring (bicyclic) bond motifs is 2. The van der Waals surface area contributed by atoms with E-state index in [1.165, 1.54) is 34.7 Å². The Morgan fingerprint density at radius 3 is 2.21 bits per heavy atom. The van der Waals surface area contributed by atoms with Crippen LogP contribution in [0.2, 0.25) is 0 Å². The van der Waals surface area contributed by atoms with Gasteiger partial charge < -0.3 is 19.5 Å². The third kappa shape index (κ3) is 6.97. The van der Waals surface area contributed by atoms with Crippen molar-refractivity contribution in [3.05, 3.63) is 154 Å². The Bertz CT molecular complexity index is 2250. The van der Waals surface area contributed by atoms with Crippen LogP contribution in [0.3, 0.4) is 0 Å². The Balaban J connectivity index is 1.21. The maximum Gasteiger partial charge on any atom is 0.265 e. The number of likely N-dealkylation sites (N-methyl/N-ethyl adjacent to an activating group) is 1. The molecule has 0 radical (unpaired) electrons. The number of phenolic OH excluding ortho intramolecular Hbond substituents is 1. The van der Waals surface area contributed by atoms with E-state index in [2.05, 4.69) is 51.0 Å². The summed E-state index contributed by atoms with van der Waals surface area (Å²) in [5.74, 6) is -0.770. The minimum Gasteiger partial charge on any atom is -0.508 e. The van der Waals surface area contributed by atoms with E-state index in [-0.39, 0.29) is 23.6 Å². The van der Waals surface area contributed by atoms with Gasteiger partial charge >= 0.3 is 0 Å². The molecule has 0 bridgehead atoms. The van der Waals surface area contributed by atoms with Gasteiger partial charge in [-0.05, 0) is 97.4 Å². The number of rotatable bonds is 7. The average Bonchev–Trinajstić information content (AvgIpc) is 3.56. The molecule has 3 heterocycles. The van der Waals surface area contributed by atoms with Crippen LogP contribution in [-0.4, -0.2) is 82.0 Å². The van der Waals surface area contributed by atoms with E-state index in [1.54, 1.807) is 30.5 Å². The first-order valence-corrected chi connectivity index (χ1v) is 18.6. The van der Waals surface area contributed by atoms with Crippen molar-refractivity contribution in [2.75, 3.05) is 44.7 Å². The molecule has 0 aliphatic carbocycles. The van der Waals surface area contributed by atoms with E-state index in [4.69, 9.17) is 0 Å². The Morgan fingerprint density at radius 1 is 0.811 bits per heavy atom. The molecular weight excluding hydrogens is 733 g/mol. The number of carbonyl (C=O) groups is 2. The van der Waals surface area contributed by atoms with Gasteiger partial charge in [0.05, 0.1) is 22.3 Å². The number of para-hydroxylation sites is 1. The highest BCUT2D eigenvalue weighted by Crippen LogP contribution is 2.35. The van der Waals surface area contributed by atoms with Gasteiger partial charge in [0.2, 0.25) is 0 Å². The molecule has 8 nitrogen and oxygen atoms in total. The molecule has 1 N–H and O–H groups in total. The number of aromatic nitrogens is 1. The molecule has 53 heavy (non-hydrogen) atoms. The van der Waals surface area contributed by atoms with Gasteiger partial charge in [-0.3, -0.25) is 19.4 Å². The average molecular weight is 773 g/mol. The van der Waals surface area contributed by atoms with Crippen LogP contribution >= 0.6 is 15.9 Å². The van der Waals surface area contributed by atoms with Crippen LogP contribution in [-0.2, 0) is 13.0 Å². The van der Waals surface area contributed by atoms with Gasteiger partial charge in [-0.15, -0.1) is 0 Å². The van der Waals surface area contributed by atoms with Crippen molar-refractivity contribution in [3.63, 3.8) is 0 Å². The smallest absolute Gasteiger partial charge is 0.265 e. The van der Waals surface area contributed by atoms with Crippen molar-refractivity contribution < 1.29 is 19.1 Å². The molecule has 1 atom stereocenters. The van der Waals surface area contributed by atoms with Crippen molar-refractivity contribution in [1.82, 2.24) is 19.3 Å². The zero-order chi connectivity index (χ0) is 36.6. The maximum atomic E-state index is 15.0. The highest BCUT2D eigenvalue weighted by molar-refractivity contribution is 9.10. The second-order valence-electron chi connectivity index (χ2n) is 13.9. The molecule has 10 heteroatoms. The van der Waals surface area contributed by atoms with Gasteiger partial charge in [-0.1, -0.05) is 58.4 Å². The van der Waals surface area contributed by atoms with Gasteiger partial charge in [0, 0.05) is 72.7 Å². The Labute approximate surface area is 316 Å². The van der Waals surface area contributed by atoms with Crippen LogP contribution in [0.1, 0.15) is 31.8 Å². The lowest BCUT2D eigenvalue weighted by Gasteiger charge is -2.41. The van der Waals surface area contributed by atoms with Crippen LogP contribution < -0.4 is 4.90 Å². The van der Waals surface area contributed by atoms with E-state index in [9.17, 15) is 19.1 Å². The molecule has 2 amide bonds. The summed E-state index contributed by atoms with van der Waals surface area (Å²) in [6, 6.07) is 33.8. The van der Waals surface area contributed by atoms with Crippen molar-refractivity contribution in [2.24, 2.45) is 0 Å². The molecule has 5 aromatic carbocycles. The first-order valence-electron chi connectivity index (χ1n) is 17.8. The highest BCUT2D eigenvalue weighted by atomic mass is 79.9. The lowest BCUT2D eigenvalue weighted by Crippen LogP contribution is -2.53. The van der Waals surface area contributed by atoms with Crippen LogP contribution in [0.5, 0.6) is 5.75 Å². The lowest BCUT2D eigenvalue weighted by molar-refractivity contribution is 0.0535. The van der Waals surface area contributed by atoms with Gasteiger partial charge in [0.1, 0.15) is 11.6 Å². The summed E-state index contributed by atoms with van der Waals surface area (Å²) >= 11 is 3.66. The minimum atomic E-state index is -0.418. The predicted octanol–water partition coefficient (Wildman–Crippen LogP) is 8.03. The Hall–Kier alpha value is -5.29. The molecule has 1 fully saturated rings. The monoisotopic (exact) mass is 771 g/mol. The van der Waals surface area contributed by atoms with Crippen molar-refractivity contribution >= 4 is 50.0 Å². The quantitative estimate of drug-likeness (QED) is 0.178. The Morgan fingerprint density at radius 2 is 1.47 bits per heavy atom. The molecular formula is C43H39BrFN5O3. The molecule has 2 aliphatic rings. The van der Waals surface area contributed by atoms with E-state index in [0.29, 0.717) is 40.1 Å². The SMILES string of the molecule is CN1CCN(C[C@@H]2Cc3ccccc3CN2C(=O)c2ccc(Br)cc2-n2cc(C(=O)N(c3ccc(O)cc3)c3ccc(F)cc3)c3ccccc32)CC1. The molecule has 1 saturated heterocycles. The molecule has 0 unspecified atom stereocenters. The number of aromatic hydroxyl groups is 1. The summed E-state index contributed by atoms with van der Waals surface area (Å²) in [5, 5.41) is 10.7. The molecule has 268 valence electrons. The third-order valence-corrected chi connectivity index (χ3v) is 11.0. The van der Waals surface area contributed by atoms with Crippen molar-refractivity contribution in [1.29, 1.82) is 0 Å². The number of benzene rings is 5. The lowest BCUT2D eigenvalue weighted by atomic mass is 9.92. The van der Waals surface area contributed by atoms with E-state index in [0.717, 1.165) is 54.7 Å². The number of hydrogen-bond acceptors (Lipinski definition) is 5. The first-order chi connectivity index (χ1) is 25.7. The Kier molecular flexibility index (Phi) is 9.59. The minimum absolute atomic E-state index is 0.00887. The van der Waals surface area contributed by atoms with Crippen molar-refractivity contribution in [3.8, 4) is 11.4 Å². The number of piperazine rings is 1. The van der Waals surface area contributed by atoms with Crippen LogP contribution in [0.4, 0.5) is 15.8 Å². The molecule has 1 aromatic heterocycles. The van der Waals surface area contributed by atoms with Crippen LogP contribution in [0, 0.1) is 5.82 Å². The number of amides is 2. The van der Waals surface area contributed by atoms with Gasteiger partial charge in [0.15, 0.2) is 0 Å². The fourth-order valence-electron chi connectivity index (χ4n) is 7.60. The zero-order valence-electron chi connectivity index (χ0n) is 29.3. The fourth-order valence-corrected chi connectivity index (χ4v) is 7.95. The largest absolute Gasteiger partial charge is 0.508 e. The molecule has 2 aliphatic heterocycles. The van der Waals surface area contributed by atoms with E-state index in [1.807, 2.05) is 58.0 Å². The van der Waals surface area contributed by atoms with E-state index < -0.39 is 5.82 Å². The third-order valence-electron chi connectivity index (χ3n) is 10.5. The van der Waals surface area contributed by atoms with Gasteiger partial charge in [-0.25, -0.2) is 4.39 Å². The summed E-state index contributed by atoms with van der Waals surface area (Å²) in [4.78, 5) is 38.1. The number of phenols is 1. The summed E-state index contributed by atoms with van der Waals surface area (Å²) < 4.78 is 16.8. The fraction of sp³-hybridized carbons (Fsp3) is 0.209. The normalized spacial score (nSPS) is 16.4. The maximum absolute atomic E-state index is 15.0. The van der Waals surface area contributed by atoms with Crippen LogP contribution in [0.25, 0.3) is 16.6 Å². The second-order valence-corrected chi connectivity index (χ2v) is 14.8. The second kappa shape index (κ2) is 14.6. The number of hydrogen-bond donors (Lipinski definition) is 1. The standard InChI is InChI=1S/C43H39BrFN5O3/c1-46-20-22-47(23-21-46)27-35-24-29-6-2-3-7-30(29)26-48(35)42(52)38-19-10-31(44)25-41(38)49-28-39(37-8-4-5-9-40(37)49)43(53)50(33-13-11-32(45)12-14-33)34-15-17-36(51)18-16-34/h2-19,25,28,35,51H,20-24,26-27H2,1H3/t35-/m0/s1. The zero-order valence-corrected chi connectivity index (χ0v) is 30.9. The summed E-state index contributed by atoms with van der Waals surface area (Å²) in [7, 11) is 2.15. The predicted molar refractivity (Wildman–Crippen MR) is 210 cm³/mol. The number of carbonyl (C=O) groups excluding carboxylic acids is 2. The van der Waals surface area contributed by atoms with E-state index >= 15 is 0 Å². The summed E-state index contributed by atoms with van der Waals surface area (Å²) in [6.07, 6.45) is 2.57. The molecule has 0 spiro atoms. The highest BCUT2D eigenvalue weighted by Gasteiger charge is 2.34. The number of nitrogens with zero attached hydrogens (tertiary/aromatic N) is 5. The van der Waals surface area contributed by atoms with Crippen molar-refractivity contribution in [2.45, 2.75) is 19.0 Å². The van der Waals surface area contributed by atoms with Gasteiger partial charge in [0.25, 0.3) is 11.8 Å². The van der Waals surface area contributed by atoms with Crippen LogP contribution in [0.15, 0.2) is 126 Å².